The van der Waals surface area contributed by atoms with Crippen molar-refractivity contribution in [2.45, 2.75) is 12.5 Å². The fourth-order valence-corrected chi connectivity index (χ4v) is 3.45. The molecule has 1 aliphatic rings. The maximum absolute atomic E-state index is 12.8. The number of benzene rings is 1. The van der Waals surface area contributed by atoms with Gasteiger partial charge in [0.1, 0.15) is 5.69 Å². The summed E-state index contributed by atoms with van der Waals surface area (Å²) >= 11 is 0. The van der Waals surface area contributed by atoms with Crippen LogP contribution in [0.5, 0.6) is 0 Å². The number of nitrogens with zero attached hydrogens (tertiary/aromatic N) is 5. The number of hydrogen-bond acceptors (Lipinski definition) is 5. The molecule has 0 radical (unpaired) electrons. The predicted octanol–water partition coefficient (Wildman–Crippen LogP) is 3.43. The molecule has 1 atom stereocenters. The molecule has 1 saturated heterocycles. The highest BCUT2D eigenvalue weighted by atomic mass is 16.7. The number of hydrogen-bond donors (Lipinski definition) is 1. The van der Waals surface area contributed by atoms with E-state index < -0.39 is 0 Å². The molecule has 8 nitrogen and oxygen atoms in total. The molecule has 0 bridgehead atoms. The SMILES string of the molecule is O=C(Nc1cccc(C#Cc2cnc3cccnn23)c1)N1OCC[C@H]1c1cccnc1. The summed E-state index contributed by atoms with van der Waals surface area (Å²) < 4.78 is 1.68. The number of rotatable bonds is 2. The normalized spacial score (nSPS) is 15.5. The molecule has 2 amide bonds. The lowest BCUT2D eigenvalue weighted by atomic mass is 10.1. The van der Waals surface area contributed by atoms with E-state index in [0.29, 0.717) is 18.0 Å². The monoisotopic (exact) mass is 410 g/mol. The quantitative estimate of drug-likeness (QED) is 0.512. The maximum atomic E-state index is 12.8. The summed E-state index contributed by atoms with van der Waals surface area (Å²) in [5, 5.41) is 8.52. The highest BCUT2D eigenvalue weighted by molar-refractivity contribution is 5.89. The van der Waals surface area contributed by atoms with E-state index in [1.165, 1.54) is 5.06 Å². The van der Waals surface area contributed by atoms with Crippen molar-refractivity contribution in [2.75, 3.05) is 11.9 Å². The number of fused-ring (bicyclic) bond motifs is 1. The van der Waals surface area contributed by atoms with Gasteiger partial charge in [0.05, 0.1) is 18.8 Å². The van der Waals surface area contributed by atoms with Crippen LogP contribution in [0.25, 0.3) is 5.65 Å². The number of hydroxylamine groups is 2. The van der Waals surface area contributed by atoms with Crippen LogP contribution in [0.1, 0.15) is 29.3 Å². The van der Waals surface area contributed by atoms with Gasteiger partial charge in [0.25, 0.3) is 0 Å². The van der Waals surface area contributed by atoms with Gasteiger partial charge < -0.3 is 5.32 Å². The first-order valence-corrected chi connectivity index (χ1v) is 9.82. The standard InChI is InChI=1S/C23H18N6O2/c30-23(29-21(10-13-31-29)18-5-2-11-24-15-18)27-19-6-1-4-17(14-19)8-9-20-16-25-22-7-3-12-26-28(20)22/h1-7,11-12,14-16,21H,10,13H2,(H,27,30)/t21-/m0/s1. The summed E-state index contributed by atoms with van der Waals surface area (Å²) in [5.41, 5.74) is 3.76. The Bertz CT molecular complexity index is 1290. The van der Waals surface area contributed by atoms with Gasteiger partial charge in [-0.2, -0.15) is 10.2 Å². The van der Waals surface area contributed by atoms with E-state index in [-0.39, 0.29) is 12.1 Å². The predicted molar refractivity (Wildman–Crippen MR) is 114 cm³/mol. The van der Waals surface area contributed by atoms with Gasteiger partial charge in [-0.05, 0) is 47.9 Å². The molecule has 3 aromatic heterocycles. The summed E-state index contributed by atoms with van der Waals surface area (Å²) in [6.07, 6.45) is 7.56. The van der Waals surface area contributed by atoms with Crippen molar-refractivity contribution in [3.63, 3.8) is 0 Å². The van der Waals surface area contributed by atoms with Gasteiger partial charge in [0, 0.05) is 36.3 Å². The highest BCUT2D eigenvalue weighted by Crippen LogP contribution is 2.30. The highest BCUT2D eigenvalue weighted by Gasteiger charge is 2.32. The molecule has 31 heavy (non-hydrogen) atoms. The van der Waals surface area contributed by atoms with Gasteiger partial charge in [-0.1, -0.05) is 18.1 Å². The third-order valence-corrected chi connectivity index (χ3v) is 4.90. The molecule has 1 fully saturated rings. The largest absolute Gasteiger partial charge is 0.346 e. The Morgan fingerprint density at radius 2 is 2.03 bits per heavy atom. The third kappa shape index (κ3) is 3.95. The number of nitrogens with one attached hydrogen (secondary N) is 1. The summed E-state index contributed by atoms with van der Waals surface area (Å²) in [4.78, 5) is 26.8. The average molecular weight is 410 g/mol. The fourth-order valence-electron chi connectivity index (χ4n) is 3.45. The average Bonchev–Trinajstić information content (AvgIpc) is 3.46. The van der Waals surface area contributed by atoms with Gasteiger partial charge in [0.2, 0.25) is 0 Å². The zero-order valence-electron chi connectivity index (χ0n) is 16.5. The Balaban J connectivity index is 1.32. The van der Waals surface area contributed by atoms with Crippen LogP contribution in [0.2, 0.25) is 0 Å². The van der Waals surface area contributed by atoms with Gasteiger partial charge >= 0.3 is 6.03 Å². The van der Waals surface area contributed by atoms with Gasteiger partial charge in [-0.15, -0.1) is 0 Å². The minimum atomic E-state index is -0.331. The first kappa shape index (κ1) is 18.8. The van der Waals surface area contributed by atoms with E-state index in [1.807, 2.05) is 48.5 Å². The van der Waals surface area contributed by atoms with Crippen LogP contribution in [0.3, 0.4) is 0 Å². The number of pyridine rings is 1. The Kier molecular flexibility index (Phi) is 5.01. The first-order valence-electron chi connectivity index (χ1n) is 9.82. The second-order valence-electron chi connectivity index (χ2n) is 6.95. The summed E-state index contributed by atoms with van der Waals surface area (Å²) in [6.45, 7) is 0.478. The second-order valence-corrected chi connectivity index (χ2v) is 6.95. The number of anilines is 1. The molecular formula is C23H18N6O2. The fraction of sp³-hybridized carbons (Fsp3) is 0.130. The van der Waals surface area contributed by atoms with E-state index >= 15 is 0 Å². The smallest absolute Gasteiger partial charge is 0.306 e. The van der Waals surface area contributed by atoms with Crippen LogP contribution in [0.15, 0.2) is 73.3 Å². The maximum Gasteiger partial charge on any atom is 0.346 e. The minimum Gasteiger partial charge on any atom is -0.306 e. The van der Waals surface area contributed by atoms with Crippen molar-refractivity contribution in [1.82, 2.24) is 24.6 Å². The van der Waals surface area contributed by atoms with Crippen LogP contribution >= 0.6 is 0 Å². The molecule has 152 valence electrons. The van der Waals surface area contributed by atoms with Crippen molar-refractivity contribution in [3.8, 4) is 11.8 Å². The van der Waals surface area contributed by atoms with E-state index in [0.717, 1.165) is 23.2 Å². The summed E-state index contributed by atoms with van der Waals surface area (Å²) in [5.74, 6) is 6.18. The van der Waals surface area contributed by atoms with Crippen molar-refractivity contribution in [1.29, 1.82) is 0 Å². The molecule has 1 aliphatic heterocycles. The zero-order valence-corrected chi connectivity index (χ0v) is 16.5. The van der Waals surface area contributed by atoms with Gasteiger partial charge in [0.15, 0.2) is 5.65 Å². The minimum absolute atomic E-state index is 0.167. The number of carbonyl (C=O) groups is 1. The van der Waals surface area contributed by atoms with Crippen LogP contribution in [0, 0.1) is 11.8 Å². The van der Waals surface area contributed by atoms with Crippen LogP contribution in [-0.2, 0) is 4.84 Å². The number of imidazole rings is 1. The van der Waals surface area contributed by atoms with E-state index in [1.54, 1.807) is 29.3 Å². The topological polar surface area (TPSA) is 84.7 Å². The molecule has 0 spiro atoms. The number of carbonyl (C=O) groups excluding carboxylic acids is 1. The Hall–Kier alpha value is -4.22. The first-order chi connectivity index (χ1) is 15.3. The second kappa shape index (κ2) is 8.26. The van der Waals surface area contributed by atoms with Crippen LogP contribution in [-0.4, -0.2) is 37.3 Å². The van der Waals surface area contributed by atoms with Crippen LogP contribution in [0.4, 0.5) is 10.5 Å². The molecule has 4 aromatic rings. The molecule has 1 N–H and O–H groups in total. The van der Waals surface area contributed by atoms with Crippen LogP contribution < -0.4 is 5.32 Å². The van der Waals surface area contributed by atoms with Crippen molar-refractivity contribution in [2.24, 2.45) is 0 Å². The van der Waals surface area contributed by atoms with Gasteiger partial charge in [-0.25, -0.2) is 14.3 Å². The summed E-state index contributed by atoms with van der Waals surface area (Å²) in [6, 6.07) is 14.3. The molecule has 4 heterocycles. The zero-order chi connectivity index (χ0) is 21.0. The van der Waals surface area contributed by atoms with Crippen molar-refractivity contribution < 1.29 is 9.63 Å². The summed E-state index contributed by atoms with van der Waals surface area (Å²) in [7, 11) is 0. The molecule has 0 unspecified atom stereocenters. The lowest BCUT2D eigenvalue weighted by molar-refractivity contribution is -0.0830. The Morgan fingerprint density at radius 1 is 1.10 bits per heavy atom. The van der Waals surface area contributed by atoms with Gasteiger partial charge in [-0.3, -0.25) is 9.82 Å². The Labute approximate surface area is 178 Å². The van der Waals surface area contributed by atoms with Crippen molar-refractivity contribution >= 4 is 17.4 Å². The van der Waals surface area contributed by atoms with E-state index in [4.69, 9.17) is 4.84 Å². The lowest BCUT2D eigenvalue weighted by Crippen LogP contribution is -2.33. The third-order valence-electron chi connectivity index (χ3n) is 4.90. The van der Waals surface area contributed by atoms with Crippen molar-refractivity contribution in [3.05, 3.63) is 90.1 Å². The molecule has 0 saturated carbocycles. The molecule has 8 heteroatoms. The number of amides is 2. The molecular weight excluding hydrogens is 392 g/mol. The number of urea groups is 1. The number of aromatic nitrogens is 4. The lowest BCUT2D eigenvalue weighted by Gasteiger charge is -2.22. The van der Waals surface area contributed by atoms with E-state index in [2.05, 4.69) is 32.2 Å². The molecule has 1 aromatic carbocycles. The molecule has 0 aliphatic carbocycles. The Morgan fingerprint density at radius 3 is 2.94 bits per heavy atom. The molecule has 5 rings (SSSR count). The van der Waals surface area contributed by atoms with E-state index in [9.17, 15) is 4.79 Å².